The Kier molecular flexibility index (Phi) is 6.29. The van der Waals surface area contributed by atoms with E-state index in [0.29, 0.717) is 30.8 Å². The lowest BCUT2D eigenvalue weighted by Gasteiger charge is -2.26. The SMILES string of the molecule is Cc1ccc2c(c1)C(=O)N(C(C)C(=O)N1C[C@@H](CN)[C@H](c3ccccc3)C1)C2=O.Cl. The zero-order valence-corrected chi connectivity index (χ0v) is 17.9. The van der Waals surface area contributed by atoms with Gasteiger partial charge in [0.1, 0.15) is 6.04 Å². The molecule has 2 aromatic carbocycles. The Morgan fingerprint density at radius 3 is 2.40 bits per heavy atom. The number of rotatable bonds is 4. The number of nitrogens with two attached hydrogens (primary N) is 1. The summed E-state index contributed by atoms with van der Waals surface area (Å²) in [7, 11) is 0. The van der Waals surface area contributed by atoms with Crippen LogP contribution in [0.2, 0.25) is 0 Å². The number of hydrogen-bond acceptors (Lipinski definition) is 4. The summed E-state index contributed by atoms with van der Waals surface area (Å²) in [6, 6.07) is 14.4. The number of imide groups is 1. The smallest absolute Gasteiger partial charge is 0.262 e. The highest BCUT2D eigenvalue weighted by Crippen LogP contribution is 2.33. The monoisotopic (exact) mass is 427 g/mol. The second kappa shape index (κ2) is 8.58. The molecule has 0 aromatic heterocycles. The molecular weight excluding hydrogens is 402 g/mol. The van der Waals surface area contributed by atoms with Crippen LogP contribution in [-0.4, -0.2) is 53.2 Å². The van der Waals surface area contributed by atoms with Crippen LogP contribution in [0.3, 0.4) is 0 Å². The number of carbonyl (C=O) groups excluding carboxylic acids is 3. The maximum absolute atomic E-state index is 13.2. The molecule has 3 amide bonds. The number of likely N-dealkylation sites (tertiary alicyclic amines) is 1. The summed E-state index contributed by atoms with van der Waals surface area (Å²) in [5.41, 5.74) is 8.78. The zero-order chi connectivity index (χ0) is 20.7. The summed E-state index contributed by atoms with van der Waals surface area (Å²) in [4.78, 5) is 41.7. The molecule has 3 atom stereocenters. The standard InChI is InChI=1S/C23H25N3O3.ClH/c1-14-8-9-18-19(10-14)23(29)26(22(18)28)15(2)21(27)25-12-17(11-24)20(13-25)16-6-4-3-5-7-16;/h3-10,15,17,20H,11-13,24H2,1-2H3;1H/t15?,17-,20+;/m1./s1. The van der Waals surface area contributed by atoms with Crippen molar-refractivity contribution in [3.63, 3.8) is 0 Å². The molecule has 2 aliphatic heterocycles. The molecule has 2 aromatic rings. The fourth-order valence-corrected chi connectivity index (χ4v) is 4.47. The predicted octanol–water partition coefficient (Wildman–Crippen LogP) is 2.60. The normalized spacial score (nSPS) is 21.4. The van der Waals surface area contributed by atoms with Gasteiger partial charge in [0.25, 0.3) is 11.8 Å². The molecule has 0 spiro atoms. The largest absolute Gasteiger partial charge is 0.340 e. The van der Waals surface area contributed by atoms with Gasteiger partial charge in [0.2, 0.25) is 5.91 Å². The van der Waals surface area contributed by atoms with Gasteiger partial charge in [-0.15, -0.1) is 12.4 Å². The van der Waals surface area contributed by atoms with Gasteiger partial charge in [-0.25, -0.2) is 0 Å². The number of benzene rings is 2. The van der Waals surface area contributed by atoms with Crippen LogP contribution in [0.15, 0.2) is 48.5 Å². The maximum atomic E-state index is 13.2. The highest BCUT2D eigenvalue weighted by atomic mass is 35.5. The van der Waals surface area contributed by atoms with Crippen LogP contribution < -0.4 is 5.73 Å². The second-order valence-electron chi connectivity index (χ2n) is 7.96. The van der Waals surface area contributed by atoms with E-state index in [1.165, 1.54) is 0 Å². The molecule has 0 radical (unpaired) electrons. The topological polar surface area (TPSA) is 83.7 Å². The molecule has 0 bridgehead atoms. The van der Waals surface area contributed by atoms with Gasteiger partial charge >= 0.3 is 0 Å². The van der Waals surface area contributed by atoms with Gasteiger partial charge in [-0.05, 0) is 44.0 Å². The summed E-state index contributed by atoms with van der Waals surface area (Å²) < 4.78 is 0. The van der Waals surface area contributed by atoms with Crippen molar-refractivity contribution in [1.82, 2.24) is 9.80 Å². The number of fused-ring (bicyclic) bond motifs is 1. The minimum atomic E-state index is -0.851. The molecule has 0 aliphatic carbocycles. The van der Waals surface area contributed by atoms with Crippen LogP contribution in [0, 0.1) is 12.8 Å². The quantitative estimate of drug-likeness (QED) is 0.760. The van der Waals surface area contributed by atoms with Gasteiger partial charge in [0, 0.05) is 19.0 Å². The van der Waals surface area contributed by atoms with Gasteiger partial charge in [-0.1, -0.05) is 42.0 Å². The molecule has 1 fully saturated rings. The van der Waals surface area contributed by atoms with E-state index < -0.39 is 17.9 Å². The van der Waals surface area contributed by atoms with Gasteiger partial charge in [0.05, 0.1) is 11.1 Å². The van der Waals surface area contributed by atoms with Crippen molar-refractivity contribution in [3.8, 4) is 0 Å². The number of aryl methyl sites for hydroxylation is 1. The van der Waals surface area contributed by atoms with Crippen LogP contribution in [-0.2, 0) is 4.79 Å². The first-order valence-corrected chi connectivity index (χ1v) is 9.94. The average Bonchev–Trinajstić information content (AvgIpc) is 3.27. The van der Waals surface area contributed by atoms with Crippen molar-refractivity contribution < 1.29 is 14.4 Å². The van der Waals surface area contributed by atoms with Gasteiger partial charge in [-0.3, -0.25) is 19.3 Å². The average molecular weight is 428 g/mol. The van der Waals surface area contributed by atoms with E-state index in [4.69, 9.17) is 5.73 Å². The number of nitrogens with zero attached hydrogens (tertiary/aromatic N) is 2. The fourth-order valence-electron chi connectivity index (χ4n) is 4.47. The lowest BCUT2D eigenvalue weighted by atomic mass is 9.89. The Hall–Kier alpha value is -2.70. The van der Waals surface area contributed by atoms with Crippen LogP contribution >= 0.6 is 12.4 Å². The number of amides is 3. The van der Waals surface area contributed by atoms with E-state index in [1.807, 2.05) is 25.1 Å². The van der Waals surface area contributed by atoms with E-state index in [1.54, 1.807) is 30.0 Å². The lowest BCUT2D eigenvalue weighted by Crippen LogP contribution is -2.49. The Bertz CT molecular complexity index is 979. The minimum Gasteiger partial charge on any atom is -0.340 e. The summed E-state index contributed by atoms with van der Waals surface area (Å²) in [5, 5.41) is 0. The third-order valence-corrected chi connectivity index (χ3v) is 6.10. The molecule has 7 heteroatoms. The molecule has 4 rings (SSSR count). The lowest BCUT2D eigenvalue weighted by molar-refractivity contribution is -0.134. The Labute approximate surface area is 182 Å². The van der Waals surface area contributed by atoms with Gasteiger partial charge in [0.15, 0.2) is 0 Å². The minimum absolute atomic E-state index is 0. The van der Waals surface area contributed by atoms with Crippen LogP contribution in [0.5, 0.6) is 0 Å². The highest BCUT2D eigenvalue weighted by molar-refractivity contribution is 6.22. The van der Waals surface area contributed by atoms with Crippen molar-refractivity contribution in [2.45, 2.75) is 25.8 Å². The third-order valence-electron chi connectivity index (χ3n) is 6.10. The molecule has 2 N–H and O–H groups in total. The third kappa shape index (κ3) is 3.61. The molecule has 158 valence electrons. The Morgan fingerprint density at radius 1 is 1.07 bits per heavy atom. The number of carbonyl (C=O) groups is 3. The van der Waals surface area contributed by atoms with E-state index in [0.717, 1.165) is 16.0 Å². The van der Waals surface area contributed by atoms with Crippen LogP contribution in [0.25, 0.3) is 0 Å². The van der Waals surface area contributed by atoms with Gasteiger partial charge in [-0.2, -0.15) is 0 Å². The fraction of sp³-hybridized carbons (Fsp3) is 0.348. The highest BCUT2D eigenvalue weighted by Gasteiger charge is 2.44. The van der Waals surface area contributed by atoms with E-state index in [9.17, 15) is 14.4 Å². The molecule has 2 aliphatic rings. The molecule has 1 unspecified atom stereocenters. The first kappa shape index (κ1) is 22.0. The first-order valence-electron chi connectivity index (χ1n) is 9.94. The Balaban J connectivity index is 0.00000256. The molecule has 2 heterocycles. The predicted molar refractivity (Wildman–Crippen MR) is 117 cm³/mol. The summed E-state index contributed by atoms with van der Waals surface area (Å²) >= 11 is 0. The van der Waals surface area contributed by atoms with Crippen molar-refractivity contribution in [1.29, 1.82) is 0 Å². The van der Waals surface area contributed by atoms with E-state index in [-0.39, 0.29) is 30.2 Å². The summed E-state index contributed by atoms with van der Waals surface area (Å²) in [6.45, 7) is 5.04. The van der Waals surface area contributed by atoms with E-state index >= 15 is 0 Å². The number of halogens is 1. The molecule has 1 saturated heterocycles. The van der Waals surface area contributed by atoms with Gasteiger partial charge < -0.3 is 10.6 Å². The van der Waals surface area contributed by atoms with Crippen LogP contribution in [0.4, 0.5) is 0 Å². The molecule has 0 saturated carbocycles. The maximum Gasteiger partial charge on any atom is 0.262 e. The molecular formula is C23H26ClN3O3. The second-order valence-corrected chi connectivity index (χ2v) is 7.96. The zero-order valence-electron chi connectivity index (χ0n) is 17.1. The summed E-state index contributed by atoms with van der Waals surface area (Å²) in [5.74, 6) is -0.711. The van der Waals surface area contributed by atoms with E-state index in [2.05, 4.69) is 12.1 Å². The van der Waals surface area contributed by atoms with Crippen molar-refractivity contribution in [2.24, 2.45) is 11.7 Å². The van der Waals surface area contributed by atoms with Crippen molar-refractivity contribution in [2.75, 3.05) is 19.6 Å². The molecule has 6 nitrogen and oxygen atoms in total. The first-order chi connectivity index (χ1) is 13.9. The Morgan fingerprint density at radius 2 is 1.73 bits per heavy atom. The van der Waals surface area contributed by atoms with Crippen molar-refractivity contribution in [3.05, 3.63) is 70.8 Å². The molecule has 30 heavy (non-hydrogen) atoms. The van der Waals surface area contributed by atoms with Crippen LogP contribution in [0.1, 0.15) is 44.7 Å². The van der Waals surface area contributed by atoms with Crippen molar-refractivity contribution >= 4 is 30.1 Å². The number of hydrogen-bond donors (Lipinski definition) is 1. The summed E-state index contributed by atoms with van der Waals surface area (Å²) in [6.07, 6.45) is 0.